The molecule has 0 spiro atoms. The Balaban J connectivity index is 1.76. The van der Waals surface area contributed by atoms with Crippen LogP contribution in [0.1, 0.15) is 33.2 Å². The van der Waals surface area contributed by atoms with Gasteiger partial charge in [-0.1, -0.05) is 30.8 Å². The molecule has 0 saturated carbocycles. The van der Waals surface area contributed by atoms with Gasteiger partial charge in [0.25, 0.3) is 0 Å². The molecule has 1 N–H and O–H groups in total. The number of hydrogen-bond donors (Lipinski definition) is 1. The van der Waals surface area contributed by atoms with E-state index in [1.165, 1.54) is 11.8 Å². The summed E-state index contributed by atoms with van der Waals surface area (Å²) in [6, 6.07) is 10.0. The van der Waals surface area contributed by atoms with E-state index in [0.29, 0.717) is 13.2 Å². The van der Waals surface area contributed by atoms with Crippen LogP contribution in [0.15, 0.2) is 41.7 Å². The van der Waals surface area contributed by atoms with Crippen molar-refractivity contribution in [3.05, 3.63) is 36.5 Å². The highest BCUT2D eigenvalue weighted by molar-refractivity contribution is 8.00. The number of amides is 1. The van der Waals surface area contributed by atoms with Crippen LogP contribution in [0.25, 0.3) is 11.0 Å². The summed E-state index contributed by atoms with van der Waals surface area (Å²) in [6.45, 7) is 7.35. The quantitative estimate of drug-likeness (QED) is 0.549. The van der Waals surface area contributed by atoms with E-state index in [0.717, 1.165) is 28.4 Å². The van der Waals surface area contributed by atoms with Gasteiger partial charge in [0.15, 0.2) is 5.16 Å². The van der Waals surface area contributed by atoms with E-state index < -0.39 is 0 Å². The van der Waals surface area contributed by atoms with Crippen molar-refractivity contribution < 1.29 is 9.53 Å². The second kappa shape index (κ2) is 9.25. The van der Waals surface area contributed by atoms with Gasteiger partial charge < -0.3 is 14.6 Å². The van der Waals surface area contributed by atoms with E-state index in [1.807, 2.05) is 41.9 Å². The first-order valence-electron chi connectivity index (χ1n) is 9.50. The minimum absolute atomic E-state index is 0.0691. The molecule has 1 aromatic carbocycles. The van der Waals surface area contributed by atoms with E-state index in [1.54, 1.807) is 13.3 Å². The molecule has 0 aliphatic rings. The number of methoxy groups -OCH3 is 1. The normalized spacial score (nSPS) is 13.6. The van der Waals surface area contributed by atoms with Crippen LogP contribution in [0.2, 0.25) is 0 Å². The number of hydrogen-bond acceptors (Lipinski definition) is 5. The van der Waals surface area contributed by atoms with Crippen LogP contribution in [-0.2, 0) is 16.1 Å². The molecule has 0 radical (unpaired) electrons. The number of rotatable bonds is 9. The molecule has 0 bridgehead atoms. The highest BCUT2D eigenvalue weighted by Gasteiger charge is 2.21. The lowest BCUT2D eigenvalue weighted by Gasteiger charge is -2.16. The van der Waals surface area contributed by atoms with E-state index in [4.69, 9.17) is 9.72 Å². The minimum Gasteiger partial charge on any atom is -0.383 e. The van der Waals surface area contributed by atoms with Crippen molar-refractivity contribution in [1.82, 2.24) is 19.3 Å². The third-order valence-electron chi connectivity index (χ3n) is 4.72. The molecule has 7 nitrogen and oxygen atoms in total. The second-order valence-electron chi connectivity index (χ2n) is 6.70. The Morgan fingerprint density at radius 3 is 2.82 bits per heavy atom. The summed E-state index contributed by atoms with van der Waals surface area (Å²) in [5, 5.41) is 7.83. The van der Waals surface area contributed by atoms with E-state index in [9.17, 15) is 4.79 Å². The number of ether oxygens (including phenoxy) is 1. The van der Waals surface area contributed by atoms with E-state index in [2.05, 4.69) is 28.8 Å². The van der Waals surface area contributed by atoms with Gasteiger partial charge in [-0.15, -0.1) is 0 Å². The molecule has 0 saturated heterocycles. The molecule has 8 heteroatoms. The third kappa shape index (κ3) is 4.39. The lowest BCUT2D eigenvalue weighted by molar-refractivity contribution is -0.115. The number of carbonyl (C=O) groups is 1. The van der Waals surface area contributed by atoms with Gasteiger partial charge in [-0.25, -0.2) is 9.67 Å². The molecule has 3 rings (SSSR count). The number of nitrogens with zero attached hydrogens (tertiary/aromatic N) is 4. The van der Waals surface area contributed by atoms with Crippen LogP contribution in [0, 0.1) is 0 Å². The average molecular weight is 402 g/mol. The summed E-state index contributed by atoms with van der Waals surface area (Å²) < 4.78 is 9.20. The number of carbonyl (C=O) groups excluding carboxylic acids is 1. The Morgan fingerprint density at radius 1 is 1.29 bits per heavy atom. The Bertz CT molecular complexity index is 936. The van der Waals surface area contributed by atoms with Crippen LogP contribution in [0.4, 0.5) is 5.82 Å². The lowest BCUT2D eigenvalue weighted by Crippen LogP contribution is -2.25. The summed E-state index contributed by atoms with van der Waals surface area (Å²) in [7, 11) is 1.68. The van der Waals surface area contributed by atoms with Crippen molar-refractivity contribution >= 4 is 34.5 Å². The smallest absolute Gasteiger partial charge is 0.238 e. The van der Waals surface area contributed by atoms with Gasteiger partial charge in [0.1, 0.15) is 5.82 Å². The number of nitrogens with one attached hydrogen (secondary N) is 1. The Labute approximate surface area is 169 Å². The summed E-state index contributed by atoms with van der Waals surface area (Å²) in [5.74, 6) is 0.653. The summed E-state index contributed by atoms with van der Waals surface area (Å²) in [5.41, 5.74) is 1.97. The number of benzene rings is 1. The number of thioether (sulfide) groups is 1. The molecule has 2 atom stereocenters. The minimum atomic E-state index is -0.307. The number of para-hydroxylation sites is 2. The first-order valence-corrected chi connectivity index (χ1v) is 10.4. The highest BCUT2D eigenvalue weighted by Crippen LogP contribution is 2.28. The van der Waals surface area contributed by atoms with Gasteiger partial charge in [0, 0.05) is 19.7 Å². The van der Waals surface area contributed by atoms with Gasteiger partial charge in [0.05, 0.1) is 35.1 Å². The van der Waals surface area contributed by atoms with Crippen LogP contribution in [0.3, 0.4) is 0 Å². The molecular weight excluding hydrogens is 374 g/mol. The standard InChI is InChI=1S/C20H27N5O2S/c1-5-14(2)25-18(10-11-21-25)23-19(26)15(3)28-20-22-16-8-6-7-9-17(16)24(20)12-13-27-4/h6-11,14-15H,5,12-13H2,1-4H3,(H,23,26). The van der Waals surface area contributed by atoms with Gasteiger partial charge in [-0.3, -0.25) is 4.79 Å². The molecule has 0 fully saturated rings. The first kappa shape index (κ1) is 20.4. The van der Waals surface area contributed by atoms with Gasteiger partial charge >= 0.3 is 0 Å². The zero-order valence-corrected chi connectivity index (χ0v) is 17.6. The summed E-state index contributed by atoms with van der Waals surface area (Å²) >= 11 is 1.45. The number of anilines is 1. The van der Waals surface area contributed by atoms with E-state index >= 15 is 0 Å². The summed E-state index contributed by atoms with van der Waals surface area (Å²) in [6.07, 6.45) is 2.65. The second-order valence-corrected chi connectivity index (χ2v) is 8.00. The van der Waals surface area contributed by atoms with Crippen LogP contribution in [0.5, 0.6) is 0 Å². The molecule has 0 aliphatic heterocycles. The highest BCUT2D eigenvalue weighted by atomic mass is 32.2. The molecule has 3 aromatic rings. The predicted octanol–water partition coefficient (Wildman–Crippen LogP) is 3.97. The summed E-state index contributed by atoms with van der Waals surface area (Å²) in [4.78, 5) is 17.5. The van der Waals surface area contributed by atoms with Gasteiger partial charge in [-0.2, -0.15) is 5.10 Å². The average Bonchev–Trinajstić information content (AvgIpc) is 3.29. The lowest BCUT2D eigenvalue weighted by atomic mass is 10.3. The number of fused-ring (bicyclic) bond motifs is 1. The predicted molar refractivity (Wildman–Crippen MR) is 113 cm³/mol. The molecule has 2 unspecified atom stereocenters. The molecule has 2 aromatic heterocycles. The van der Waals surface area contributed by atoms with Crippen molar-refractivity contribution in [2.45, 2.75) is 50.2 Å². The fourth-order valence-corrected chi connectivity index (χ4v) is 3.87. The third-order valence-corrected chi connectivity index (χ3v) is 5.81. The Kier molecular flexibility index (Phi) is 6.74. The van der Waals surface area contributed by atoms with Gasteiger partial charge in [0.2, 0.25) is 5.91 Å². The van der Waals surface area contributed by atoms with Crippen molar-refractivity contribution in [2.75, 3.05) is 19.0 Å². The Morgan fingerprint density at radius 2 is 2.07 bits per heavy atom. The van der Waals surface area contributed by atoms with Crippen LogP contribution in [-0.4, -0.2) is 44.2 Å². The number of imidazole rings is 1. The van der Waals surface area contributed by atoms with E-state index in [-0.39, 0.29) is 17.2 Å². The van der Waals surface area contributed by atoms with Crippen molar-refractivity contribution in [1.29, 1.82) is 0 Å². The van der Waals surface area contributed by atoms with Crippen molar-refractivity contribution in [2.24, 2.45) is 0 Å². The Hall–Kier alpha value is -2.32. The molecule has 28 heavy (non-hydrogen) atoms. The SMILES string of the molecule is CCC(C)n1nccc1NC(=O)C(C)Sc1nc2ccccc2n1CCOC. The largest absolute Gasteiger partial charge is 0.383 e. The molecule has 150 valence electrons. The number of aromatic nitrogens is 4. The molecule has 1 amide bonds. The zero-order chi connectivity index (χ0) is 20.1. The molecular formula is C20H27N5O2S. The maximum Gasteiger partial charge on any atom is 0.238 e. The first-order chi connectivity index (χ1) is 13.5. The van der Waals surface area contributed by atoms with Crippen molar-refractivity contribution in [3.8, 4) is 0 Å². The monoisotopic (exact) mass is 401 g/mol. The topological polar surface area (TPSA) is 74.0 Å². The molecule has 0 aliphatic carbocycles. The molecule has 2 heterocycles. The maximum absolute atomic E-state index is 12.8. The van der Waals surface area contributed by atoms with Crippen LogP contribution >= 0.6 is 11.8 Å². The van der Waals surface area contributed by atoms with Crippen molar-refractivity contribution in [3.63, 3.8) is 0 Å². The van der Waals surface area contributed by atoms with Crippen LogP contribution < -0.4 is 5.32 Å². The maximum atomic E-state index is 12.8. The van der Waals surface area contributed by atoms with Gasteiger partial charge in [-0.05, 0) is 32.4 Å². The fourth-order valence-electron chi connectivity index (χ4n) is 2.92. The fraction of sp³-hybridized carbons (Fsp3) is 0.450. The zero-order valence-electron chi connectivity index (χ0n) is 16.8.